The van der Waals surface area contributed by atoms with Gasteiger partial charge >= 0.3 is 5.97 Å². The number of hydroxylamine groups is 2. The molecule has 0 bridgehead atoms. The highest BCUT2D eigenvalue weighted by Crippen LogP contribution is 2.42. The van der Waals surface area contributed by atoms with Gasteiger partial charge in [0.2, 0.25) is 0 Å². The summed E-state index contributed by atoms with van der Waals surface area (Å²) in [6, 6.07) is 6.54. The molecule has 5 heteroatoms. The fraction of sp³-hybridized carbons (Fsp3) is 0.526. The first kappa shape index (κ1) is 15.4. The van der Waals surface area contributed by atoms with Gasteiger partial charge in [-0.2, -0.15) is 0 Å². The third kappa shape index (κ3) is 2.52. The summed E-state index contributed by atoms with van der Waals surface area (Å²) in [7, 11) is 0. The van der Waals surface area contributed by atoms with Crippen LogP contribution in [0.15, 0.2) is 24.3 Å². The predicted octanol–water partition coefficient (Wildman–Crippen LogP) is 3.35. The zero-order valence-electron chi connectivity index (χ0n) is 13.6. The highest BCUT2D eigenvalue weighted by Gasteiger charge is 2.40. The van der Waals surface area contributed by atoms with Crippen molar-refractivity contribution in [3.63, 3.8) is 0 Å². The van der Waals surface area contributed by atoms with Gasteiger partial charge in [0, 0.05) is 0 Å². The average molecular weight is 327 g/mol. The number of hydrogen-bond acceptors (Lipinski definition) is 4. The molecule has 0 atom stereocenters. The number of carbonyl (C=O) groups excluding carboxylic acids is 3. The number of fused-ring (bicyclic) bond motifs is 1. The van der Waals surface area contributed by atoms with Gasteiger partial charge in [-0.15, -0.1) is 0 Å². The lowest BCUT2D eigenvalue weighted by Crippen LogP contribution is -2.37. The second-order valence-corrected chi connectivity index (χ2v) is 7.16. The maximum Gasteiger partial charge on any atom is 0.336 e. The highest BCUT2D eigenvalue weighted by atomic mass is 16.7. The summed E-state index contributed by atoms with van der Waals surface area (Å²) in [6.07, 6.45) is 7.68. The number of amides is 2. The van der Waals surface area contributed by atoms with E-state index in [0.29, 0.717) is 16.2 Å². The van der Waals surface area contributed by atoms with E-state index >= 15 is 0 Å². The lowest BCUT2D eigenvalue weighted by Gasteiger charge is -2.37. The van der Waals surface area contributed by atoms with E-state index in [1.807, 2.05) is 0 Å². The molecule has 2 aliphatic carbocycles. The van der Waals surface area contributed by atoms with E-state index in [1.54, 1.807) is 24.3 Å². The van der Waals surface area contributed by atoms with Gasteiger partial charge in [0.25, 0.3) is 11.8 Å². The van der Waals surface area contributed by atoms with Crippen LogP contribution >= 0.6 is 0 Å². The van der Waals surface area contributed by atoms with Crippen molar-refractivity contribution < 1.29 is 19.2 Å². The summed E-state index contributed by atoms with van der Waals surface area (Å²) >= 11 is 0. The Labute approximate surface area is 140 Å². The Kier molecular flexibility index (Phi) is 3.87. The van der Waals surface area contributed by atoms with Crippen molar-refractivity contribution in [2.24, 2.45) is 17.8 Å². The lowest BCUT2D eigenvalue weighted by atomic mass is 9.68. The van der Waals surface area contributed by atoms with Crippen LogP contribution in [0.25, 0.3) is 0 Å². The smallest absolute Gasteiger partial charge is 0.329 e. The summed E-state index contributed by atoms with van der Waals surface area (Å²) < 4.78 is 0. The molecule has 5 nitrogen and oxygen atoms in total. The van der Waals surface area contributed by atoms with Crippen LogP contribution in [0.4, 0.5) is 0 Å². The first-order valence-corrected chi connectivity index (χ1v) is 8.85. The monoisotopic (exact) mass is 327 g/mol. The van der Waals surface area contributed by atoms with E-state index in [2.05, 4.69) is 0 Å². The largest absolute Gasteiger partial charge is 0.336 e. The number of benzene rings is 1. The zero-order valence-corrected chi connectivity index (χ0v) is 13.6. The van der Waals surface area contributed by atoms with Crippen molar-refractivity contribution in [3.05, 3.63) is 35.4 Å². The first-order valence-electron chi connectivity index (χ1n) is 8.85. The van der Waals surface area contributed by atoms with Crippen molar-refractivity contribution >= 4 is 17.8 Å². The summed E-state index contributed by atoms with van der Waals surface area (Å²) in [5.74, 6) is -0.165. The number of carbonyl (C=O) groups is 3. The van der Waals surface area contributed by atoms with Gasteiger partial charge in [0.1, 0.15) is 0 Å². The molecule has 2 saturated carbocycles. The van der Waals surface area contributed by atoms with Gasteiger partial charge in [0.05, 0.1) is 17.0 Å². The Bertz CT molecular complexity index is 651. The molecule has 24 heavy (non-hydrogen) atoms. The van der Waals surface area contributed by atoms with Gasteiger partial charge in [-0.05, 0) is 49.7 Å². The molecular weight excluding hydrogens is 306 g/mol. The van der Waals surface area contributed by atoms with Crippen molar-refractivity contribution in [3.8, 4) is 0 Å². The van der Waals surface area contributed by atoms with E-state index in [0.717, 1.165) is 37.5 Å². The third-order valence-corrected chi connectivity index (χ3v) is 5.86. The van der Waals surface area contributed by atoms with E-state index in [-0.39, 0.29) is 5.92 Å². The summed E-state index contributed by atoms with van der Waals surface area (Å²) in [5.41, 5.74) is 0.591. The SMILES string of the molecule is O=C(ON1C(=O)c2ccccc2C1=O)C1CCC(C2CCC2)CC1. The maximum atomic E-state index is 12.4. The third-order valence-electron chi connectivity index (χ3n) is 5.86. The molecule has 1 aliphatic heterocycles. The van der Waals surface area contributed by atoms with Crippen LogP contribution in [0.1, 0.15) is 65.7 Å². The summed E-state index contributed by atoms with van der Waals surface area (Å²) in [6.45, 7) is 0. The average Bonchev–Trinajstić information content (AvgIpc) is 2.79. The quantitative estimate of drug-likeness (QED) is 0.799. The molecule has 1 aromatic rings. The topological polar surface area (TPSA) is 63.7 Å². The van der Waals surface area contributed by atoms with Crippen molar-refractivity contribution in [2.45, 2.75) is 44.9 Å². The number of rotatable bonds is 3. The van der Waals surface area contributed by atoms with E-state index < -0.39 is 17.8 Å². The Morgan fingerprint density at radius 1 is 0.875 bits per heavy atom. The molecule has 2 fully saturated rings. The molecule has 0 aromatic heterocycles. The fourth-order valence-corrected chi connectivity index (χ4v) is 4.15. The minimum Gasteiger partial charge on any atom is -0.329 e. The molecule has 1 aromatic carbocycles. The molecule has 0 saturated heterocycles. The van der Waals surface area contributed by atoms with E-state index in [1.165, 1.54) is 19.3 Å². The summed E-state index contributed by atoms with van der Waals surface area (Å²) in [5, 5.41) is 0.630. The van der Waals surface area contributed by atoms with Gasteiger partial charge in [-0.25, -0.2) is 4.79 Å². The molecule has 2 amide bonds. The number of imide groups is 1. The molecule has 0 spiro atoms. The van der Waals surface area contributed by atoms with Crippen molar-refractivity contribution in [1.29, 1.82) is 0 Å². The van der Waals surface area contributed by atoms with Gasteiger partial charge in [-0.1, -0.05) is 36.5 Å². The Morgan fingerprint density at radius 2 is 1.42 bits per heavy atom. The van der Waals surface area contributed by atoms with Crippen LogP contribution in [0, 0.1) is 17.8 Å². The normalized spacial score (nSPS) is 26.9. The lowest BCUT2D eigenvalue weighted by molar-refractivity contribution is -0.175. The van der Waals surface area contributed by atoms with Crippen LogP contribution in [0.5, 0.6) is 0 Å². The Balaban J connectivity index is 1.37. The van der Waals surface area contributed by atoms with Crippen LogP contribution in [-0.4, -0.2) is 22.8 Å². The second-order valence-electron chi connectivity index (χ2n) is 7.16. The van der Waals surface area contributed by atoms with Crippen LogP contribution < -0.4 is 0 Å². The molecule has 126 valence electrons. The maximum absolute atomic E-state index is 12.4. The summed E-state index contributed by atoms with van der Waals surface area (Å²) in [4.78, 5) is 42.1. The molecular formula is C19H21NO4. The minimum absolute atomic E-state index is 0.203. The van der Waals surface area contributed by atoms with Gasteiger partial charge in [0.15, 0.2) is 0 Å². The van der Waals surface area contributed by atoms with Crippen LogP contribution in [0.2, 0.25) is 0 Å². The molecule has 3 aliphatic rings. The van der Waals surface area contributed by atoms with Crippen molar-refractivity contribution in [2.75, 3.05) is 0 Å². The fourth-order valence-electron chi connectivity index (χ4n) is 4.15. The minimum atomic E-state index is -0.549. The Morgan fingerprint density at radius 3 is 1.92 bits per heavy atom. The Hall–Kier alpha value is -2.17. The van der Waals surface area contributed by atoms with E-state index in [4.69, 9.17) is 4.84 Å². The molecule has 0 N–H and O–H groups in total. The zero-order chi connectivity index (χ0) is 16.7. The molecule has 1 heterocycles. The molecule has 0 unspecified atom stereocenters. The van der Waals surface area contributed by atoms with Crippen LogP contribution in [-0.2, 0) is 9.63 Å². The first-order chi connectivity index (χ1) is 11.6. The molecule has 4 rings (SSSR count). The standard InChI is InChI=1S/C19H21NO4/c21-17-15-6-1-2-7-16(15)18(22)20(17)24-19(23)14-10-8-13(9-11-14)12-4-3-5-12/h1-2,6-7,12-14H,3-5,8-11H2. The predicted molar refractivity (Wildman–Crippen MR) is 85.8 cm³/mol. The molecule has 0 radical (unpaired) electrons. The van der Waals surface area contributed by atoms with Gasteiger partial charge in [-0.3, -0.25) is 9.59 Å². The number of hydrogen-bond donors (Lipinski definition) is 0. The second kappa shape index (κ2) is 6.04. The van der Waals surface area contributed by atoms with E-state index in [9.17, 15) is 14.4 Å². The van der Waals surface area contributed by atoms with Gasteiger partial charge < -0.3 is 4.84 Å². The van der Waals surface area contributed by atoms with Crippen LogP contribution in [0.3, 0.4) is 0 Å². The number of nitrogens with zero attached hydrogens (tertiary/aromatic N) is 1. The highest BCUT2D eigenvalue weighted by molar-refractivity contribution is 6.20. The van der Waals surface area contributed by atoms with Crippen molar-refractivity contribution in [1.82, 2.24) is 5.06 Å².